The summed E-state index contributed by atoms with van der Waals surface area (Å²) in [6, 6.07) is 0. The summed E-state index contributed by atoms with van der Waals surface area (Å²) in [6.07, 6.45) is 5.16. The number of nitrogens with zero attached hydrogens (tertiary/aromatic N) is 2. The van der Waals surface area contributed by atoms with Crippen molar-refractivity contribution in [3.63, 3.8) is 0 Å². The molecule has 0 aliphatic carbocycles. The van der Waals surface area contributed by atoms with E-state index in [4.69, 9.17) is 9.73 Å². The van der Waals surface area contributed by atoms with Gasteiger partial charge in [-0.3, -0.25) is 4.99 Å². The number of ether oxygens (including phenoxy) is 1. The van der Waals surface area contributed by atoms with Crippen LogP contribution in [-0.2, 0) is 4.74 Å². The van der Waals surface area contributed by atoms with Crippen LogP contribution in [-0.4, -0.2) is 62.8 Å². The summed E-state index contributed by atoms with van der Waals surface area (Å²) in [6.45, 7) is 18.2. The van der Waals surface area contributed by atoms with E-state index in [1.807, 2.05) is 0 Å². The first-order chi connectivity index (χ1) is 12.1. The zero-order valence-corrected chi connectivity index (χ0v) is 20.1. The highest BCUT2D eigenvalue weighted by Crippen LogP contribution is 2.17. The molecule has 0 saturated carbocycles. The van der Waals surface area contributed by atoms with Crippen molar-refractivity contribution in [3.05, 3.63) is 0 Å². The first kappa shape index (κ1) is 25.9. The quantitative estimate of drug-likeness (QED) is 0.268. The van der Waals surface area contributed by atoms with Crippen LogP contribution in [0.3, 0.4) is 0 Å². The fourth-order valence-corrected chi connectivity index (χ4v) is 3.43. The zero-order valence-electron chi connectivity index (χ0n) is 17.7. The van der Waals surface area contributed by atoms with Gasteiger partial charge in [0.1, 0.15) is 0 Å². The molecule has 0 spiro atoms. The first-order valence-electron chi connectivity index (χ1n) is 10.5. The summed E-state index contributed by atoms with van der Waals surface area (Å²) in [5.41, 5.74) is 0. The molecule has 5 nitrogen and oxygen atoms in total. The lowest BCUT2D eigenvalue weighted by atomic mass is 9.97. The van der Waals surface area contributed by atoms with Crippen LogP contribution in [0, 0.1) is 11.8 Å². The van der Waals surface area contributed by atoms with Gasteiger partial charge in [-0.2, -0.15) is 0 Å². The molecule has 1 unspecified atom stereocenters. The minimum atomic E-state index is 0. The summed E-state index contributed by atoms with van der Waals surface area (Å²) >= 11 is 0. The Kier molecular flexibility index (Phi) is 15.9. The molecule has 1 heterocycles. The van der Waals surface area contributed by atoms with Crippen LogP contribution in [0.1, 0.15) is 60.3 Å². The molecule has 0 aromatic rings. The van der Waals surface area contributed by atoms with Gasteiger partial charge in [0.25, 0.3) is 0 Å². The van der Waals surface area contributed by atoms with Crippen molar-refractivity contribution < 1.29 is 4.74 Å². The van der Waals surface area contributed by atoms with Crippen molar-refractivity contribution in [2.24, 2.45) is 16.8 Å². The van der Waals surface area contributed by atoms with Gasteiger partial charge in [0.05, 0.1) is 6.10 Å². The van der Waals surface area contributed by atoms with E-state index in [0.29, 0.717) is 12.0 Å². The topological polar surface area (TPSA) is 48.9 Å². The highest BCUT2D eigenvalue weighted by molar-refractivity contribution is 14.0. The highest BCUT2D eigenvalue weighted by Gasteiger charge is 2.18. The lowest BCUT2D eigenvalue weighted by molar-refractivity contribution is 0.0258. The average molecular weight is 482 g/mol. The van der Waals surface area contributed by atoms with Gasteiger partial charge in [0, 0.05) is 26.2 Å². The van der Waals surface area contributed by atoms with Gasteiger partial charge in [-0.25, -0.2) is 0 Å². The van der Waals surface area contributed by atoms with Crippen LogP contribution in [0.5, 0.6) is 0 Å². The van der Waals surface area contributed by atoms with Crippen LogP contribution < -0.4 is 10.6 Å². The second-order valence-corrected chi connectivity index (χ2v) is 7.46. The molecule has 0 aromatic heterocycles. The molecule has 2 N–H and O–H groups in total. The van der Waals surface area contributed by atoms with Gasteiger partial charge < -0.3 is 20.3 Å². The molecular weight excluding hydrogens is 439 g/mol. The number of nitrogens with one attached hydrogen (secondary N) is 2. The Labute approximate surface area is 179 Å². The normalized spacial score (nSPS) is 17.8. The largest absolute Gasteiger partial charge is 0.378 e. The van der Waals surface area contributed by atoms with E-state index in [1.54, 1.807) is 0 Å². The molecular formula is C20H43IN4O. The molecule has 1 fully saturated rings. The number of likely N-dealkylation sites (tertiary alicyclic amines) is 1. The molecule has 0 aromatic carbocycles. The smallest absolute Gasteiger partial charge is 0.191 e. The van der Waals surface area contributed by atoms with Gasteiger partial charge in [-0.1, -0.05) is 20.8 Å². The van der Waals surface area contributed by atoms with E-state index in [9.17, 15) is 0 Å². The third-order valence-electron chi connectivity index (χ3n) is 4.94. The summed E-state index contributed by atoms with van der Waals surface area (Å²) < 4.78 is 5.83. The predicted octanol–water partition coefficient (Wildman–Crippen LogP) is 3.73. The number of halogens is 1. The van der Waals surface area contributed by atoms with Gasteiger partial charge in [0.2, 0.25) is 0 Å². The minimum absolute atomic E-state index is 0. The van der Waals surface area contributed by atoms with E-state index < -0.39 is 0 Å². The SMILES string of the molecule is CCCN1CCC(CN=C(NCC)NCCC(OCC)C(C)C)CC1.I. The molecule has 26 heavy (non-hydrogen) atoms. The molecule has 1 saturated heterocycles. The molecule has 0 amide bonds. The lowest BCUT2D eigenvalue weighted by Gasteiger charge is -2.31. The summed E-state index contributed by atoms with van der Waals surface area (Å²) in [5.74, 6) is 2.24. The van der Waals surface area contributed by atoms with Crippen molar-refractivity contribution in [1.82, 2.24) is 15.5 Å². The number of guanidine groups is 1. The Bertz CT molecular complexity index is 358. The Morgan fingerprint density at radius 1 is 1.15 bits per heavy atom. The maximum atomic E-state index is 5.83. The number of rotatable bonds is 11. The second kappa shape index (κ2) is 15.9. The number of hydrogen-bond acceptors (Lipinski definition) is 3. The Hall–Kier alpha value is -0.0800. The van der Waals surface area contributed by atoms with Crippen molar-refractivity contribution in [1.29, 1.82) is 0 Å². The summed E-state index contributed by atoms with van der Waals surface area (Å²) in [5, 5.41) is 6.86. The van der Waals surface area contributed by atoms with Crippen molar-refractivity contribution in [3.8, 4) is 0 Å². The van der Waals surface area contributed by atoms with E-state index in [1.165, 1.54) is 38.9 Å². The maximum absolute atomic E-state index is 5.83. The van der Waals surface area contributed by atoms with Gasteiger partial charge in [-0.05, 0) is 71.0 Å². The van der Waals surface area contributed by atoms with E-state index in [2.05, 4.69) is 50.2 Å². The molecule has 1 aliphatic heterocycles. The summed E-state index contributed by atoms with van der Waals surface area (Å²) in [7, 11) is 0. The van der Waals surface area contributed by atoms with Crippen molar-refractivity contribution in [2.75, 3.05) is 45.9 Å². The van der Waals surface area contributed by atoms with Crippen molar-refractivity contribution in [2.45, 2.75) is 66.4 Å². The second-order valence-electron chi connectivity index (χ2n) is 7.46. The van der Waals surface area contributed by atoms with Gasteiger partial charge in [0.15, 0.2) is 5.96 Å². The van der Waals surface area contributed by atoms with Crippen LogP contribution in [0.25, 0.3) is 0 Å². The highest BCUT2D eigenvalue weighted by atomic mass is 127. The fourth-order valence-electron chi connectivity index (χ4n) is 3.43. The monoisotopic (exact) mass is 482 g/mol. The molecule has 1 aliphatic rings. The summed E-state index contributed by atoms with van der Waals surface area (Å²) in [4.78, 5) is 7.42. The molecule has 0 radical (unpaired) electrons. The number of piperidine rings is 1. The van der Waals surface area contributed by atoms with E-state index >= 15 is 0 Å². The van der Waals surface area contributed by atoms with E-state index in [0.717, 1.165) is 44.5 Å². The average Bonchev–Trinajstić information content (AvgIpc) is 2.60. The molecule has 1 atom stereocenters. The Balaban J connectivity index is 0.00000625. The minimum Gasteiger partial charge on any atom is -0.378 e. The molecule has 156 valence electrons. The number of aliphatic imine (C=N–C) groups is 1. The fraction of sp³-hybridized carbons (Fsp3) is 0.950. The Morgan fingerprint density at radius 3 is 2.38 bits per heavy atom. The van der Waals surface area contributed by atoms with E-state index in [-0.39, 0.29) is 24.0 Å². The van der Waals surface area contributed by atoms with Gasteiger partial charge in [-0.15, -0.1) is 24.0 Å². The van der Waals surface area contributed by atoms with Gasteiger partial charge >= 0.3 is 0 Å². The third-order valence-corrected chi connectivity index (χ3v) is 4.94. The van der Waals surface area contributed by atoms with Crippen LogP contribution in [0.4, 0.5) is 0 Å². The predicted molar refractivity (Wildman–Crippen MR) is 124 cm³/mol. The van der Waals surface area contributed by atoms with Crippen LogP contribution in [0.15, 0.2) is 4.99 Å². The van der Waals surface area contributed by atoms with Crippen LogP contribution in [0.2, 0.25) is 0 Å². The van der Waals surface area contributed by atoms with Crippen LogP contribution >= 0.6 is 24.0 Å². The zero-order chi connectivity index (χ0) is 18.5. The van der Waals surface area contributed by atoms with Crippen molar-refractivity contribution >= 4 is 29.9 Å². The molecule has 6 heteroatoms. The lowest BCUT2D eigenvalue weighted by Crippen LogP contribution is -2.40. The third kappa shape index (κ3) is 10.9. The molecule has 1 rings (SSSR count). The standard InChI is InChI=1S/C20H42N4O.HI/c1-6-13-24-14-10-18(11-15-24)16-23-20(21-7-2)22-12-9-19(17(4)5)25-8-3;/h17-19H,6-16H2,1-5H3,(H2,21,22,23);1H. The maximum Gasteiger partial charge on any atom is 0.191 e. The Morgan fingerprint density at radius 2 is 1.85 bits per heavy atom. The number of hydrogen-bond donors (Lipinski definition) is 2. The first-order valence-corrected chi connectivity index (χ1v) is 10.5. The molecule has 0 bridgehead atoms.